The van der Waals surface area contributed by atoms with Crippen LogP contribution in [0.15, 0.2) is 54.6 Å². The molecule has 0 aromatic heterocycles. The normalized spacial score (nSPS) is 13.8. The SMILES string of the molecule is O=C(CCC(=O)c1ccccc1)NCC(=O)N1CCN(c2ccc(Cl)cc2)CC1. The molecule has 0 atom stereocenters. The van der Waals surface area contributed by atoms with E-state index in [9.17, 15) is 14.4 Å². The average Bonchev–Trinajstić information content (AvgIpc) is 2.77. The van der Waals surface area contributed by atoms with Crippen LogP contribution in [0.5, 0.6) is 0 Å². The van der Waals surface area contributed by atoms with E-state index in [1.165, 1.54) is 0 Å². The highest BCUT2D eigenvalue weighted by atomic mass is 35.5. The van der Waals surface area contributed by atoms with Crippen molar-refractivity contribution in [3.8, 4) is 0 Å². The molecule has 0 saturated carbocycles. The fourth-order valence-electron chi connectivity index (χ4n) is 3.24. The highest BCUT2D eigenvalue weighted by Crippen LogP contribution is 2.19. The third kappa shape index (κ3) is 6.06. The van der Waals surface area contributed by atoms with Crippen molar-refractivity contribution >= 4 is 34.9 Å². The van der Waals surface area contributed by atoms with Gasteiger partial charge in [-0.15, -0.1) is 0 Å². The van der Waals surface area contributed by atoms with E-state index in [1.54, 1.807) is 29.2 Å². The molecule has 29 heavy (non-hydrogen) atoms. The first kappa shape index (κ1) is 20.9. The summed E-state index contributed by atoms with van der Waals surface area (Å²) >= 11 is 5.92. The Kier molecular flexibility index (Phi) is 7.25. The van der Waals surface area contributed by atoms with Crippen molar-refractivity contribution in [3.63, 3.8) is 0 Å². The number of carbonyl (C=O) groups is 3. The molecule has 7 heteroatoms. The molecule has 2 aromatic rings. The standard InChI is InChI=1S/C22H24ClN3O3/c23-18-6-8-19(9-7-18)25-12-14-26(15-13-25)22(29)16-24-21(28)11-10-20(27)17-4-2-1-3-5-17/h1-9H,10-16H2,(H,24,28). The Morgan fingerprint density at radius 1 is 0.862 bits per heavy atom. The zero-order valence-corrected chi connectivity index (χ0v) is 16.9. The number of Topliss-reactive ketones (excluding diaryl/α,β-unsaturated/α-hetero) is 1. The number of ketones is 1. The Morgan fingerprint density at radius 3 is 2.17 bits per heavy atom. The summed E-state index contributed by atoms with van der Waals surface area (Å²) in [6, 6.07) is 16.5. The van der Waals surface area contributed by atoms with Crippen molar-refractivity contribution in [1.82, 2.24) is 10.2 Å². The maximum atomic E-state index is 12.4. The Bertz CT molecular complexity index is 847. The molecule has 1 aliphatic heterocycles. The van der Waals surface area contributed by atoms with Gasteiger partial charge in [-0.05, 0) is 24.3 Å². The third-order valence-corrected chi connectivity index (χ3v) is 5.19. The van der Waals surface area contributed by atoms with Crippen molar-refractivity contribution in [2.75, 3.05) is 37.6 Å². The molecule has 1 aliphatic rings. The van der Waals surface area contributed by atoms with E-state index in [0.29, 0.717) is 23.7 Å². The van der Waals surface area contributed by atoms with Crippen molar-refractivity contribution in [3.05, 3.63) is 65.2 Å². The number of carbonyl (C=O) groups excluding carboxylic acids is 3. The van der Waals surface area contributed by atoms with Gasteiger partial charge < -0.3 is 15.1 Å². The first-order valence-electron chi connectivity index (χ1n) is 9.66. The van der Waals surface area contributed by atoms with Gasteiger partial charge in [-0.25, -0.2) is 0 Å². The summed E-state index contributed by atoms with van der Waals surface area (Å²) < 4.78 is 0. The first-order chi connectivity index (χ1) is 14.0. The fourth-order valence-corrected chi connectivity index (χ4v) is 3.36. The van der Waals surface area contributed by atoms with Crippen LogP contribution in [-0.4, -0.2) is 55.2 Å². The van der Waals surface area contributed by atoms with Crippen molar-refractivity contribution in [2.24, 2.45) is 0 Å². The van der Waals surface area contributed by atoms with E-state index in [4.69, 9.17) is 11.6 Å². The average molecular weight is 414 g/mol. The fraction of sp³-hybridized carbons (Fsp3) is 0.318. The molecule has 1 N–H and O–H groups in total. The molecule has 6 nitrogen and oxygen atoms in total. The van der Waals surface area contributed by atoms with Crippen LogP contribution < -0.4 is 10.2 Å². The second-order valence-electron chi connectivity index (χ2n) is 6.91. The van der Waals surface area contributed by atoms with E-state index in [0.717, 1.165) is 18.8 Å². The van der Waals surface area contributed by atoms with Gasteiger partial charge in [0, 0.05) is 55.3 Å². The summed E-state index contributed by atoms with van der Waals surface area (Å²) in [7, 11) is 0. The molecule has 0 radical (unpaired) electrons. The van der Waals surface area contributed by atoms with Gasteiger partial charge in [-0.1, -0.05) is 41.9 Å². The molecule has 152 valence electrons. The number of benzene rings is 2. The Morgan fingerprint density at radius 2 is 1.52 bits per heavy atom. The number of hydrogen-bond acceptors (Lipinski definition) is 4. The molecule has 1 heterocycles. The van der Waals surface area contributed by atoms with Crippen LogP contribution >= 0.6 is 11.6 Å². The summed E-state index contributed by atoms with van der Waals surface area (Å²) in [5.41, 5.74) is 1.67. The number of nitrogens with zero attached hydrogens (tertiary/aromatic N) is 2. The number of halogens is 1. The van der Waals surface area contributed by atoms with Gasteiger partial charge in [0.05, 0.1) is 6.54 Å². The number of rotatable bonds is 7. The monoisotopic (exact) mass is 413 g/mol. The van der Waals surface area contributed by atoms with E-state index >= 15 is 0 Å². The van der Waals surface area contributed by atoms with Crippen LogP contribution in [0.1, 0.15) is 23.2 Å². The van der Waals surface area contributed by atoms with Gasteiger partial charge in [-0.3, -0.25) is 14.4 Å². The lowest BCUT2D eigenvalue weighted by molar-refractivity contribution is -0.133. The van der Waals surface area contributed by atoms with Crippen LogP contribution in [-0.2, 0) is 9.59 Å². The van der Waals surface area contributed by atoms with Crippen molar-refractivity contribution in [1.29, 1.82) is 0 Å². The lowest BCUT2D eigenvalue weighted by atomic mass is 10.1. The summed E-state index contributed by atoms with van der Waals surface area (Å²) in [6.07, 6.45) is 0.204. The largest absolute Gasteiger partial charge is 0.368 e. The maximum absolute atomic E-state index is 12.4. The Hall–Kier alpha value is -2.86. The highest BCUT2D eigenvalue weighted by Gasteiger charge is 2.21. The van der Waals surface area contributed by atoms with Gasteiger partial charge in [0.2, 0.25) is 11.8 Å². The zero-order chi connectivity index (χ0) is 20.6. The van der Waals surface area contributed by atoms with Gasteiger partial charge in [0.1, 0.15) is 0 Å². The highest BCUT2D eigenvalue weighted by molar-refractivity contribution is 6.30. The molecule has 0 bridgehead atoms. The quantitative estimate of drug-likeness (QED) is 0.708. The minimum atomic E-state index is -0.289. The number of amides is 2. The summed E-state index contributed by atoms with van der Waals surface area (Å²) in [6.45, 7) is 2.62. The molecular weight excluding hydrogens is 390 g/mol. The van der Waals surface area contributed by atoms with Crippen LogP contribution in [0.4, 0.5) is 5.69 Å². The predicted molar refractivity (Wildman–Crippen MR) is 113 cm³/mol. The molecule has 3 rings (SSSR count). The second kappa shape index (κ2) is 10.1. The lowest BCUT2D eigenvalue weighted by Gasteiger charge is -2.36. The zero-order valence-electron chi connectivity index (χ0n) is 16.1. The minimum Gasteiger partial charge on any atom is -0.368 e. The van der Waals surface area contributed by atoms with Gasteiger partial charge in [0.25, 0.3) is 0 Å². The van der Waals surface area contributed by atoms with Crippen molar-refractivity contribution in [2.45, 2.75) is 12.8 Å². The topological polar surface area (TPSA) is 69.7 Å². The molecule has 0 unspecified atom stereocenters. The number of hydrogen-bond donors (Lipinski definition) is 1. The van der Waals surface area contributed by atoms with Crippen LogP contribution in [0.2, 0.25) is 5.02 Å². The van der Waals surface area contributed by atoms with Crippen LogP contribution in [0.25, 0.3) is 0 Å². The molecule has 1 saturated heterocycles. The van der Waals surface area contributed by atoms with Gasteiger partial charge >= 0.3 is 0 Å². The van der Waals surface area contributed by atoms with Gasteiger partial charge in [0.15, 0.2) is 5.78 Å². The van der Waals surface area contributed by atoms with Gasteiger partial charge in [-0.2, -0.15) is 0 Å². The number of piperazine rings is 1. The van der Waals surface area contributed by atoms with Crippen molar-refractivity contribution < 1.29 is 14.4 Å². The second-order valence-corrected chi connectivity index (χ2v) is 7.35. The summed E-state index contributed by atoms with van der Waals surface area (Å²) in [5, 5.41) is 3.32. The van der Waals surface area contributed by atoms with E-state index in [2.05, 4.69) is 10.2 Å². The van der Waals surface area contributed by atoms with E-state index in [1.807, 2.05) is 30.3 Å². The molecule has 0 aliphatic carbocycles. The predicted octanol–water partition coefficient (Wildman–Crippen LogP) is 2.77. The third-order valence-electron chi connectivity index (χ3n) is 4.94. The van der Waals surface area contributed by atoms with E-state index in [-0.39, 0.29) is 37.0 Å². The first-order valence-corrected chi connectivity index (χ1v) is 10.0. The Labute approximate surface area is 175 Å². The molecule has 0 spiro atoms. The minimum absolute atomic E-state index is 0.0424. The molecule has 2 amide bonds. The summed E-state index contributed by atoms with van der Waals surface area (Å²) in [5.74, 6) is -0.476. The molecular formula is C22H24ClN3O3. The maximum Gasteiger partial charge on any atom is 0.242 e. The van der Waals surface area contributed by atoms with Crippen LogP contribution in [0.3, 0.4) is 0 Å². The number of anilines is 1. The number of nitrogens with one attached hydrogen (secondary N) is 1. The van der Waals surface area contributed by atoms with E-state index < -0.39 is 0 Å². The Balaban J connectivity index is 1.37. The smallest absolute Gasteiger partial charge is 0.242 e. The molecule has 2 aromatic carbocycles. The lowest BCUT2D eigenvalue weighted by Crippen LogP contribution is -2.51. The molecule has 1 fully saturated rings. The summed E-state index contributed by atoms with van der Waals surface area (Å²) in [4.78, 5) is 40.3. The van der Waals surface area contributed by atoms with Crippen LogP contribution in [0, 0.1) is 0 Å².